The van der Waals surface area contributed by atoms with Gasteiger partial charge in [-0.25, -0.2) is 0 Å². The first kappa shape index (κ1) is 7.28. The molecule has 0 radical (unpaired) electrons. The van der Waals surface area contributed by atoms with Crippen LogP contribution in [0.25, 0.3) is 0 Å². The molecule has 1 heterocycles. The van der Waals surface area contributed by atoms with Gasteiger partial charge in [-0.15, -0.1) is 11.3 Å². The van der Waals surface area contributed by atoms with Crippen LogP contribution in [0.2, 0.25) is 0 Å². The van der Waals surface area contributed by atoms with Crippen molar-refractivity contribution in [3.05, 3.63) is 21.4 Å². The number of rotatable bonds is 2. The van der Waals surface area contributed by atoms with E-state index < -0.39 is 0 Å². The van der Waals surface area contributed by atoms with Crippen molar-refractivity contribution in [2.75, 3.05) is 0 Å². The van der Waals surface area contributed by atoms with Gasteiger partial charge in [0.2, 0.25) is 0 Å². The third-order valence-electron chi connectivity index (χ3n) is 2.07. The van der Waals surface area contributed by atoms with Crippen LogP contribution in [0, 0.1) is 0 Å². The number of hydrazine groups is 1. The fraction of sp³-hybridized carbons (Fsp3) is 0.500. The molecule has 2 rings (SSSR count). The molecule has 2 nitrogen and oxygen atoms in total. The summed E-state index contributed by atoms with van der Waals surface area (Å²) >= 11 is 1.90. The van der Waals surface area contributed by atoms with E-state index in [1.165, 1.54) is 24.1 Å². The molecule has 0 atom stereocenters. The smallest absolute Gasteiger partial charge is 0.0442 e. The van der Waals surface area contributed by atoms with Gasteiger partial charge < -0.3 is 0 Å². The summed E-state index contributed by atoms with van der Waals surface area (Å²) in [6.07, 6.45) is 3.90. The van der Waals surface area contributed by atoms with Crippen molar-refractivity contribution >= 4 is 11.3 Å². The molecule has 0 bridgehead atoms. The van der Waals surface area contributed by atoms with E-state index in [4.69, 9.17) is 5.84 Å². The summed E-state index contributed by atoms with van der Waals surface area (Å²) in [5.41, 5.74) is 4.24. The Kier molecular flexibility index (Phi) is 1.94. The fourth-order valence-corrected chi connectivity index (χ4v) is 2.79. The summed E-state index contributed by atoms with van der Waals surface area (Å²) in [6, 6.07) is 2.28. The monoisotopic (exact) mass is 168 g/mol. The third kappa shape index (κ3) is 1.31. The predicted octanol–water partition coefficient (Wildman–Crippen LogP) is 1.20. The molecule has 0 aliphatic heterocycles. The van der Waals surface area contributed by atoms with Gasteiger partial charge in [0.25, 0.3) is 0 Å². The number of nitrogens with one attached hydrogen (secondary N) is 1. The van der Waals surface area contributed by atoms with Crippen LogP contribution in [-0.2, 0) is 19.4 Å². The Labute approximate surface area is 70.4 Å². The predicted molar refractivity (Wildman–Crippen MR) is 47.4 cm³/mol. The van der Waals surface area contributed by atoms with Crippen LogP contribution in [0.1, 0.15) is 21.7 Å². The van der Waals surface area contributed by atoms with E-state index in [0.717, 1.165) is 6.54 Å². The lowest BCUT2D eigenvalue weighted by Gasteiger charge is -1.92. The molecule has 0 aromatic carbocycles. The zero-order chi connectivity index (χ0) is 7.68. The summed E-state index contributed by atoms with van der Waals surface area (Å²) < 4.78 is 0. The van der Waals surface area contributed by atoms with Crippen molar-refractivity contribution in [3.63, 3.8) is 0 Å². The van der Waals surface area contributed by atoms with Crippen LogP contribution in [-0.4, -0.2) is 0 Å². The van der Waals surface area contributed by atoms with E-state index in [9.17, 15) is 0 Å². The highest BCUT2D eigenvalue weighted by Crippen LogP contribution is 2.30. The second-order valence-electron chi connectivity index (χ2n) is 2.90. The van der Waals surface area contributed by atoms with Crippen molar-refractivity contribution in [1.82, 2.24) is 5.43 Å². The first-order valence-corrected chi connectivity index (χ1v) is 4.75. The highest BCUT2D eigenvalue weighted by Gasteiger charge is 2.13. The van der Waals surface area contributed by atoms with E-state index in [-0.39, 0.29) is 0 Å². The van der Waals surface area contributed by atoms with Crippen molar-refractivity contribution in [2.24, 2.45) is 5.84 Å². The molecule has 0 spiro atoms. The van der Waals surface area contributed by atoms with E-state index in [0.29, 0.717) is 0 Å². The minimum atomic E-state index is 0.817. The number of hydrogen-bond acceptors (Lipinski definition) is 3. The summed E-state index contributed by atoms with van der Waals surface area (Å²) in [5.74, 6) is 5.24. The largest absolute Gasteiger partial charge is 0.271 e. The lowest BCUT2D eigenvalue weighted by Crippen LogP contribution is -2.20. The van der Waals surface area contributed by atoms with Gasteiger partial charge in [-0.05, 0) is 30.9 Å². The van der Waals surface area contributed by atoms with Gasteiger partial charge in [0, 0.05) is 16.3 Å². The molecule has 1 aliphatic carbocycles. The SMILES string of the molecule is NNCc1cc2c(s1)CCC2. The molecule has 1 aromatic heterocycles. The average molecular weight is 168 g/mol. The Hall–Kier alpha value is -0.380. The van der Waals surface area contributed by atoms with Crippen molar-refractivity contribution < 1.29 is 0 Å². The maximum absolute atomic E-state index is 5.24. The first-order chi connectivity index (χ1) is 5.40. The van der Waals surface area contributed by atoms with Gasteiger partial charge in [-0.3, -0.25) is 11.3 Å². The molecule has 0 saturated carbocycles. The van der Waals surface area contributed by atoms with Gasteiger partial charge >= 0.3 is 0 Å². The molecule has 0 saturated heterocycles. The highest BCUT2D eigenvalue weighted by molar-refractivity contribution is 7.12. The van der Waals surface area contributed by atoms with Gasteiger partial charge in [-0.2, -0.15) is 0 Å². The number of thiophene rings is 1. The molecule has 3 heteroatoms. The van der Waals surface area contributed by atoms with Crippen LogP contribution in [0.15, 0.2) is 6.07 Å². The molecular weight excluding hydrogens is 156 g/mol. The molecule has 1 aromatic rings. The normalized spacial score (nSPS) is 15.4. The topological polar surface area (TPSA) is 38.0 Å². The summed E-state index contributed by atoms with van der Waals surface area (Å²) in [6.45, 7) is 0.817. The zero-order valence-electron chi connectivity index (χ0n) is 6.39. The van der Waals surface area contributed by atoms with Gasteiger partial charge in [0.05, 0.1) is 0 Å². The summed E-state index contributed by atoms with van der Waals surface area (Å²) in [4.78, 5) is 2.95. The fourth-order valence-electron chi connectivity index (χ4n) is 1.58. The zero-order valence-corrected chi connectivity index (χ0v) is 7.21. The number of aryl methyl sites for hydroxylation is 2. The minimum absolute atomic E-state index is 0.817. The minimum Gasteiger partial charge on any atom is -0.271 e. The van der Waals surface area contributed by atoms with Gasteiger partial charge in [0.15, 0.2) is 0 Å². The summed E-state index contributed by atoms with van der Waals surface area (Å²) in [5, 5.41) is 0. The maximum atomic E-state index is 5.24. The van der Waals surface area contributed by atoms with Crippen molar-refractivity contribution in [2.45, 2.75) is 25.8 Å². The highest BCUT2D eigenvalue weighted by atomic mass is 32.1. The third-order valence-corrected chi connectivity index (χ3v) is 3.31. The lowest BCUT2D eigenvalue weighted by molar-refractivity contribution is 0.750. The molecule has 0 fully saturated rings. The Morgan fingerprint density at radius 3 is 3.18 bits per heavy atom. The second kappa shape index (κ2) is 2.93. The molecule has 0 amide bonds. The lowest BCUT2D eigenvalue weighted by atomic mass is 10.2. The van der Waals surface area contributed by atoms with Crippen LogP contribution >= 0.6 is 11.3 Å². The van der Waals surface area contributed by atoms with Crippen molar-refractivity contribution in [1.29, 1.82) is 0 Å². The Balaban J connectivity index is 2.20. The van der Waals surface area contributed by atoms with E-state index >= 15 is 0 Å². The molecule has 0 unspecified atom stereocenters. The van der Waals surface area contributed by atoms with Crippen molar-refractivity contribution in [3.8, 4) is 0 Å². The van der Waals surface area contributed by atoms with Gasteiger partial charge in [0.1, 0.15) is 0 Å². The first-order valence-electron chi connectivity index (χ1n) is 3.94. The van der Waals surface area contributed by atoms with Crippen LogP contribution in [0.3, 0.4) is 0 Å². The van der Waals surface area contributed by atoms with E-state index in [2.05, 4.69) is 11.5 Å². The van der Waals surface area contributed by atoms with Crippen LogP contribution < -0.4 is 11.3 Å². The number of fused-ring (bicyclic) bond motifs is 1. The van der Waals surface area contributed by atoms with E-state index in [1.807, 2.05) is 11.3 Å². The summed E-state index contributed by atoms with van der Waals surface area (Å²) in [7, 11) is 0. The molecule has 1 aliphatic rings. The maximum Gasteiger partial charge on any atom is 0.0442 e. The molecule has 3 N–H and O–H groups in total. The van der Waals surface area contributed by atoms with Crippen LogP contribution in [0.4, 0.5) is 0 Å². The number of nitrogens with two attached hydrogens (primary N) is 1. The van der Waals surface area contributed by atoms with Crippen LogP contribution in [0.5, 0.6) is 0 Å². The Morgan fingerprint density at radius 2 is 2.45 bits per heavy atom. The number of hydrogen-bond donors (Lipinski definition) is 2. The quantitative estimate of drug-likeness (QED) is 0.514. The molecule has 11 heavy (non-hydrogen) atoms. The second-order valence-corrected chi connectivity index (χ2v) is 4.12. The Bertz CT molecular complexity index is 233. The van der Waals surface area contributed by atoms with E-state index in [1.54, 1.807) is 10.4 Å². The Morgan fingerprint density at radius 1 is 1.55 bits per heavy atom. The standard InChI is InChI=1S/C8H12N2S/c9-10-5-7-4-6-2-1-3-8(6)11-7/h4,10H,1-3,5,9H2. The molecular formula is C8H12N2S. The van der Waals surface area contributed by atoms with Gasteiger partial charge in [-0.1, -0.05) is 0 Å². The molecule has 60 valence electrons. The average Bonchev–Trinajstić information content (AvgIpc) is 2.46.